The van der Waals surface area contributed by atoms with Crippen molar-refractivity contribution in [2.45, 2.75) is 18.8 Å². The molecule has 0 bridgehead atoms. The summed E-state index contributed by atoms with van der Waals surface area (Å²) in [5.74, 6) is -1.36. The number of imide groups is 1. The first-order valence-corrected chi connectivity index (χ1v) is 11.7. The Morgan fingerprint density at radius 1 is 0.857 bits per heavy atom. The fourth-order valence-corrected chi connectivity index (χ4v) is 5.03. The second-order valence-electron chi connectivity index (χ2n) is 8.88. The van der Waals surface area contributed by atoms with Crippen LogP contribution in [0.5, 0.6) is 0 Å². The zero-order valence-electron chi connectivity index (χ0n) is 19.0. The number of anilines is 2. The first kappa shape index (κ1) is 22.5. The molecule has 35 heavy (non-hydrogen) atoms. The van der Waals surface area contributed by atoms with E-state index >= 15 is 0 Å². The van der Waals surface area contributed by atoms with Gasteiger partial charge >= 0.3 is 0 Å². The molecule has 2 atom stereocenters. The first-order chi connectivity index (χ1) is 17.0. The molecule has 2 aliphatic rings. The lowest BCUT2D eigenvalue weighted by atomic mass is 9.85. The van der Waals surface area contributed by atoms with Gasteiger partial charge in [0.15, 0.2) is 0 Å². The predicted molar refractivity (Wildman–Crippen MR) is 134 cm³/mol. The van der Waals surface area contributed by atoms with Gasteiger partial charge in [-0.1, -0.05) is 72.8 Å². The van der Waals surface area contributed by atoms with Gasteiger partial charge in [-0.15, -0.1) is 0 Å². The maximum atomic E-state index is 12.9. The van der Waals surface area contributed by atoms with Crippen LogP contribution in [0.4, 0.5) is 17.1 Å². The van der Waals surface area contributed by atoms with Crippen LogP contribution < -0.4 is 10.2 Å². The minimum absolute atomic E-state index is 0.0194. The third-order valence-corrected chi connectivity index (χ3v) is 6.84. The molecular weight excluding hydrogens is 442 g/mol. The number of nitrogens with one attached hydrogen (secondary N) is 1. The van der Waals surface area contributed by atoms with E-state index in [2.05, 4.69) is 5.32 Å². The third-order valence-electron chi connectivity index (χ3n) is 6.84. The van der Waals surface area contributed by atoms with Gasteiger partial charge in [0.25, 0.3) is 5.69 Å². The Balaban J connectivity index is 1.42. The van der Waals surface area contributed by atoms with E-state index < -0.39 is 4.92 Å². The van der Waals surface area contributed by atoms with Gasteiger partial charge in [-0.3, -0.25) is 19.7 Å². The van der Waals surface area contributed by atoms with Gasteiger partial charge in [0.1, 0.15) is 5.69 Å². The number of rotatable bonds is 7. The maximum absolute atomic E-state index is 12.9. The van der Waals surface area contributed by atoms with Crippen LogP contribution in [0.15, 0.2) is 91.0 Å². The van der Waals surface area contributed by atoms with E-state index in [-0.39, 0.29) is 40.9 Å². The molecular formula is C28H25N3O4. The third kappa shape index (κ3) is 4.33. The second-order valence-corrected chi connectivity index (χ2v) is 8.88. The van der Waals surface area contributed by atoms with Gasteiger partial charge in [0.2, 0.25) is 11.8 Å². The number of fused-ring (bicyclic) bond motifs is 1. The first-order valence-electron chi connectivity index (χ1n) is 11.7. The molecule has 1 aliphatic carbocycles. The van der Waals surface area contributed by atoms with Crippen molar-refractivity contribution in [3.8, 4) is 0 Å². The molecule has 1 aliphatic heterocycles. The van der Waals surface area contributed by atoms with E-state index in [0.717, 1.165) is 16.0 Å². The minimum Gasteiger partial charge on any atom is -0.379 e. The quantitative estimate of drug-likeness (QED) is 0.220. The van der Waals surface area contributed by atoms with Crippen molar-refractivity contribution in [1.82, 2.24) is 0 Å². The van der Waals surface area contributed by atoms with Crippen LogP contribution in [0, 0.1) is 22.0 Å². The SMILES string of the molecule is O=C1[C@H]2CC=CC[C@H]2C(=O)N1c1ccc(NCC(c2ccccc2)c2ccccc2)c([N+](=O)[O-])c1. The smallest absolute Gasteiger partial charge is 0.294 e. The van der Waals surface area contributed by atoms with Crippen molar-refractivity contribution >= 4 is 28.9 Å². The molecule has 0 aromatic heterocycles. The number of allylic oxidation sites excluding steroid dienone is 2. The molecule has 176 valence electrons. The largest absolute Gasteiger partial charge is 0.379 e. The normalized spacial score (nSPS) is 19.2. The Morgan fingerprint density at radius 2 is 1.40 bits per heavy atom. The number of nitrogens with zero attached hydrogens (tertiary/aromatic N) is 2. The molecule has 7 nitrogen and oxygen atoms in total. The average molecular weight is 468 g/mol. The van der Waals surface area contributed by atoms with E-state index in [4.69, 9.17) is 0 Å². The molecule has 7 heteroatoms. The van der Waals surface area contributed by atoms with Crippen molar-refractivity contribution < 1.29 is 14.5 Å². The summed E-state index contributed by atoms with van der Waals surface area (Å²) in [5.41, 5.74) is 2.60. The van der Waals surface area contributed by atoms with Gasteiger partial charge < -0.3 is 5.32 Å². The van der Waals surface area contributed by atoms with E-state index in [9.17, 15) is 19.7 Å². The molecule has 3 aromatic rings. The molecule has 1 N–H and O–H groups in total. The van der Waals surface area contributed by atoms with Gasteiger partial charge in [0, 0.05) is 18.5 Å². The number of hydrogen-bond donors (Lipinski definition) is 1. The zero-order valence-corrected chi connectivity index (χ0v) is 19.0. The second kappa shape index (κ2) is 9.54. The Morgan fingerprint density at radius 3 is 1.91 bits per heavy atom. The standard InChI is InChI=1S/C28H25N3O4/c32-27-22-13-7-8-14-23(22)28(33)30(27)21-15-16-25(26(17-21)31(34)35)29-18-24(19-9-3-1-4-10-19)20-11-5-2-6-12-20/h1-12,15-17,22-24,29H,13-14,18H2/t22-,23+. The number of carbonyl (C=O) groups is 2. The van der Waals surface area contributed by atoms with Crippen LogP contribution in [0.2, 0.25) is 0 Å². The van der Waals surface area contributed by atoms with Crippen molar-refractivity contribution in [2.75, 3.05) is 16.8 Å². The summed E-state index contributed by atoms with van der Waals surface area (Å²) in [6.45, 7) is 0.436. The van der Waals surface area contributed by atoms with Crippen molar-refractivity contribution in [2.24, 2.45) is 11.8 Å². The van der Waals surface area contributed by atoms with Crippen molar-refractivity contribution in [1.29, 1.82) is 0 Å². The van der Waals surface area contributed by atoms with Gasteiger partial charge in [0.05, 0.1) is 22.4 Å². The van der Waals surface area contributed by atoms with Crippen LogP contribution in [0.3, 0.4) is 0 Å². The molecule has 3 aromatic carbocycles. The molecule has 0 unspecified atom stereocenters. The van der Waals surface area contributed by atoms with Crippen LogP contribution in [0.25, 0.3) is 0 Å². The zero-order chi connectivity index (χ0) is 24.4. The van der Waals surface area contributed by atoms with Crippen molar-refractivity contribution in [3.05, 3.63) is 112 Å². The molecule has 5 rings (SSSR count). The lowest BCUT2D eigenvalue weighted by Gasteiger charge is -2.20. The highest BCUT2D eigenvalue weighted by atomic mass is 16.6. The average Bonchev–Trinajstić information content (AvgIpc) is 3.15. The summed E-state index contributed by atoms with van der Waals surface area (Å²) in [4.78, 5) is 38.5. The fourth-order valence-electron chi connectivity index (χ4n) is 5.03. The van der Waals surface area contributed by atoms with Crippen molar-refractivity contribution in [3.63, 3.8) is 0 Å². The highest BCUT2D eigenvalue weighted by molar-refractivity contribution is 6.22. The molecule has 0 spiro atoms. The number of carbonyl (C=O) groups excluding carboxylic acids is 2. The molecule has 0 saturated carbocycles. The number of nitro groups is 1. The number of hydrogen-bond acceptors (Lipinski definition) is 5. The van der Waals surface area contributed by atoms with Gasteiger partial charge in [-0.25, -0.2) is 4.90 Å². The van der Waals surface area contributed by atoms with Crippen LogP contribution in [0.1, 0.15) is 29.9 Å². The topological polar surface area (TPSA) is 92.6 Å². The Bertz CT molecular complexity index is 1220. The molecule has 2 amide bonds. The van der Waals surface area contributed by atoms with Crippen LogP contribution >= 0.6 is 0 Å². The Labute approximate surface area is 203 Å². The number of nitro benzene ring substituents is 1. The monoisotopic (exact) mass is 467 g/mol. The summed E-state index contributed by atoms with van der Waals surface area (Å²) in [6.07, 6.45) is 4.88. The fraction of sp³-hybridized carbons (Fsp3) is 0.214. The molecule has 1 fully saturated rings. The summed E-state index contributed by atoms with van der Waals surface area (Å²) < 4.78 is 0. The summed E-state index contributed by atoms with van der Waals surface area (Å²) in [7, 11) is 0. The van der Waals surface area contributed by atoms with E-state index in [1.165, 1.54) is 6.07 Å². The Hall–Kier alpha value is -4.26. The predicted octanol–water partition coefficient (Wildman–Crippen LogP) is 5.29. The summed E-state index contributed by atoms with van der Waals surface area (Å²) >= 11 is 0. The maximum Gasteiger partial charge on any atom is 0.294 e. The highest BCUT2D eigenvalue weighted by Crippen LogP contribution is 2.40. The summed E-state index contributed by atoms with van der Waals surface area (Å²) in [6, 6.07) is 24.5. The van der Waals surface area contributed by atoms with Crippen LogP contribution in [-0.4, -0.2) is 23.3 Å². The number of amides is 2. The lowest BCUT2D eigenvalue weighted by molar-refractivity contribution is -0.383. The van der Waals surface area contributed by atoms with E-state index in [1.807, 2.05) is 72.8 Å². The molecule has 1 heterocycles. The highest BCUT2D eigenvalue weighted by Gasteiger charge is 2.48. The van der Waals surface area contributed by atoms with E-state index in [1.54, 1.807) is 12.1 Å². The minimum atomic E-state index is -0.481. The number of benzene rings is 3. The molecule has 1 saturated heterocycles. The van der Waals surface area contributed by atoms with Gasteiger partial charge in [-0.2, -0.15) is 0 Å². The Kier molecular flexibility index (Phi) is 6.14. The van der Waals surface area contributed by atoms with E-state index in [0.29, 0.717) is 25.1 Å². The van der Waals surface area contributed by atoms with Crippen LogP contribution in [-0.2, 0) is 9.59 Å². The summed E-state index contributed by atoms with van der Waals surface area (Å²) in [5, 5.41) is 15.2. The molecule has 0 radical (unpaired) electrons. The van der Waals surface area contributed by atoms with Gasteiger partial charge in [-0.05, 0) is 36.1 Å². The lowest BCUT2D eigenvalue weighted by Crippen LogP contribution is -2.31.